The summed E-state index contributed by atoms with van der Waals surface area (Å²) in [6.45, 7) is 2.80. The monoisotopic (exact) mass is 697 g/mol. The summed E-state index contributed by atoms with van der Waals surface area (Å²) in [5, 5.41) is 0. The molecule has 0 aliphatic rings. The summed E-state index contributed by atoms with van der Waals surface area (Å²) in [6, 6.07) is 2.69. The largest absolute Gasteiger partial charge is 0.382 e. The lowest BCUT2D eigenvalue weighted by Crippen LogP contribution is -2.18. The summed E-state index contributed by atoms with van der Waals surface area (Å²) in [5.41, 5.74) is 7.08. The number of hydrogen-bond acceptors (Lipinski definition) is 8. The van der Waals surface area contributed by atoms with Gasteiger partial charge in [-0.1, -0.05) is 69.8 Å². The van der Waals surface area contributed by atoms with Gasteiger partial charge in [0.2, 0.25) is 0 Å². The molecule has 0 saturated carbocycles. The first-order valence-corrected chi connectivity index (χ1v) is 18.7. The Morgan fingerprint density at radius 3 is 2.26 bits per heavy atom. The van der Waals surface area contributed by atoms with Gasteiger partial charge in [0, 0.05) is 18.6 Å². The molecule has 2 heterocycles. The molecule has 0 amide bonds. The molecule has 3 rings (SSSR count). The molecule has 46 heavy (non-hydrogen) atoms. The molecule has 0 aliphatic carbocycles. The molecule has 10 nitrogen and oxygen atoms in total. The topological polar surface area (TPSA) is 135 Å². The van der Waals surface area contributed by atoms with Gasteiger partial charge in [0.05, 0.1) is 32.2 Å². The number of halogens is 5. The zero-order valence-corrected chi connectivity index (χ0v) is 27.3. The lowest BCUT2D eigenvalue weighted by molar-refractivity contribution is 0.0610. The Morgan fingerprint density at radius 1 is 0.935 bits per heavy atom. The van der Waals surface area contributed by atoms with Gasteiger partial charge in [-0.05, 0) is 44.0 Å². The summed E-state index contributed by atoms with van der Waals surface area (Å²) in [5.74, 6) is 5.86. The van der Waals surface area contributed by atoms with Crippen molar-refractivity contribution in [1.82, 2.24) is 19.5 Å². The van der Waals surface area contributed by atoms with Gasteiger partial charge in [-0.2, -0.15) is 0 Å². The fourth-order valence-electron chi connectivity index (χ4n) is 4.40. The van der Waals surface area contributed by atoms with Crippen molar-refractivity contribution in [2.24, 2.45) is 0 Å². The van der Waals surface area contributed by atoms with E-state index < -0.39 is 35.2 Å². The van der Waals surface area contributed by atoms with E-state index in [2.05, 4.69) is 26.8 Å². The van der Waals surface area contributed by atoms with Crippen LogP contribution in [0.2, 0.25) is 0 Å². The molecule has 0 radical (unpaired) electrons. The molecule has 2 atom stereocenters. The van der Waals surface area contributed by atoms with Crippen molar-refractivity contribution in [3.05, 3.63) is 42.5 Å². The summed E-state index contributed by atoms with van der Waals surface area (Å²) in [4.78, 5) is 20.4. The minimum absolute atomic E-state index is 0.0253. The number of benzene rings is 1. The zero-order valence-electron chi connectivity index (χ0n) is 25.6. The molecule has 17 heteroatoms. The normalized spacial score (nSPS) is 15.5. The SMILES string of the molecule is C[C@H](Cn1cnc2c(N)ncnc21)OCP(=O)(O)OCCOCCCCCCCCCCC#Cc1ccc(S(F)(F)(F)(F)F)cc1. The third kappa shape index (κ3) is 13.5. The molecule has 1 aromatic carbocycles. The minimum atomic E-state index is -9.65. The molecule has 0 aliphatic heterocycles. The molecule has 1 unspecified atom stereocenters. The summed E-state index contributed by atoms with van der Waals surface area (Å²) < 4.78 is 93.8. The number of nitrogens with two attached hydrogens (primary N) is 1. The van der Waals surface area contributed by atoms with Crippen LogP contribution in [0.1, 0.15) is 70.3 Å². The van der Waals surface area contributed by atoms with Crippen molar-refractivity contribution < 1.29 is 42.9 Å². The highest BCUT2D eigenvalue weighted by atomic mass is 32.5. The molecule has 0 saturated heterocycles. The fourth-order valence-corrected chi connectivity index (χ4v) is 5.93. The quantitative estimate of drug-likeness (QED) is 0.0518. The zero-order chi connectivity index (χ0) is 33.7. The van der Waals surface area contributed by atoms with Crippen molar-refractivity contribution >= 4 is 34.8 Å². The third-order valence-electron chi connectivity index (χ3n) is 6.80. The van der Waals surface area contributed by atoms with Crippen LogP contribution in [0.4, 0.5) is 25.2 Å². The summed E-state index contributed by atoms with van der Waals surface area (Å²) in [7, 11) is -13.6. The van der Waals surface area contributed by atoms with Crippen molar-refractivity contribution in [3.8, 4) is 11.8 Å². The lowest BCUT2D eigenvalue weighted by atomic mass is 10.1. The van der Waals surface area contributed by atoms with Gasteiger partial charge >= 0.3 is 17.8 Å². The van der Waals surface area contributed by atoms with E-state index >= 15 is 0 Å². The third-order valence-corrected chi connectivity index (χ3v) is 9.02. The number of aromatic nitrogens is 4. The van der Waals surface area contributed by atoms with Gasteiger partial charge in [0.15, 0.2) is 11.5 Å². The first-order valence-electron chi connectivity index (χ1n) is 14.9. The van der Waals surface area contributed by atoms with Crippen LogP contribution in [-0.4, -0.2) is 56.7 Å². The van der Waals surface area contributed by atoms with Crippen molar-refractivity contribution in [3.63, 3.8) is 0 Å². The van der Waals surface area contributed by atoms with Gasteiger partial charge in [-0.25, -0.2) is 15.0 Å². The maximum Gasteiger partial charge on any atom is 0.353 e. The number of fused-ring (bicyclic) bond motifs is 1. The Balaban J connectivity index is 1.13. The molecular formula is C29H41F5N5O5PS. The molecule has 258 valence electrons. The van der Waals surface area contributed by atoms with Crippen LogP contribution in [-0.2, 0) is 25.1 Å². The van der Waals surface area contributed by atoms with Gasteiger partial charge in [-0.3, -0.25) is 4.57 Å². The van der Waals surface area contributed by atoms with Gasteiger partial charge in [0.25, 0.3) is 0 Å². The Hall–Kier alpha value is -2.80. The van der Waals surface area contributed by atoms with Gasteiger partial charge in [0.1, 0.15) is 23.1 Å². The number of hydrogen-bond donors (Lipinski definition) is 2. The van der Waals surface area contributed by atoms with E-state index in [1.54, 1.807) is 17.8 Å². The number of nitrogen functional groups attached to an aromatic ring is 1. The lowest BCUT2D eigenvalue weighted by Gasteiger charge is -2.40. The maximum absolute atomic E-state index is 12.7. The summed E-state index contributed by atoms with van der Waals surface area (Å²) in [6.07, 6.45) is 10.6. The van der Waals surface area contributed by atoms with Gasteiger partial charge < -0.3 is 29.2 Å². The van der Waals surface area contributed by atoms with E-state index in [0.717, 1.165) is 63.5 Å². The number of anilines is 1. The Kier molecular flexibility index (Phi) is 13.0. The van der Waals surface area contributed by atoms with Crippen LogP contribution in [0.25, 0.3) is 11.2 Å². The van der Waals surface area contributed by atoms with E-state index in [-0.39, 0.29) is 24.6 Å². The predicted molar refractivity (Wildman–Crippen MR) is 168 cm³/mol. The Morgan fingerprint density at radius 2 is 1.59 bits per heavy atom. The molecule has 3 aromatic rings. The van der Waals surface area contributed by atoms with E-state index in [1.807, 2.05) is 0 Å². The summed E-state index contributed by atoms with van der Waals surface area (Å²) >= 11 is 0. The molecule has 0 fully saturated rings. The standard InChI is InChI=1S/C29H41F5N5O5PS/c1-24(20-39-22-38-27-28(35)36-21-37-29(27)39)43-23-45(40,41)44-19-18-42-17-11-9-7-5-3-2-4-6-8-10-12-25-13-15-26(16-14-25)46(30,31,32,33)34/h13-16,21-22,24H,2-9,11,17-20,23H2,1H3,(H,40,41)(H2,35,36,37)/t24-/m1/s1. The second-order valence-electron chi connectivity index (χ2n) is 10.9. The molecule has 2 aromatic heterocycles. The average molecular weight is 698 g/mol. The molecule has 3 N–H and O–H groups in total. The number of unbranched alkanes of at least 4 members (excludes halogenated alkanes) is 8. The van der Waals surface area contributed by atoms with Crippen LogP contribution in [0.3, 0.4) is 0 Å². The smallest absolute Gasteiger partial charge is 0.353 e. The van der Waals surface area contributed by atoms with Crippen molar-refractivity contribution in [2.45, 2.75) is 82.3 Å². The van der Waals surface area contributed by atoms with Crippen LogP contribution in [0, 0.1) is 11.8 Å². The van der Waals surface area contributed by atoms with Crippen molar-refractivity contribution in [2.75, 3.05) is 31.9 Å². The number of imidazole rings is 1. The highest BCUT2D eigenvalue weighted by molar-refractivity contribution is 8.45. The second-order valence-corrected chi connectivity index (χ2v) is 15.1. The van der Waals surface area contributed by atoms with E-state index in [9.17, 15) is 28.9 Å². The minimum Gasteiger partial charge on any atom is -0.382 e. The van der Waals surface area contributed by atoms with E-state index in [4.69, 9.17) is 19.7 Å². The molecular weight excluding hydrogens is 656 g/mol. The van der Waals surface area contributed by atoms with Crippen LogP contribution in [0.5, 0.6) is 0 Å². The highest BCUT2D eigenvalue weighted by Gasteiger charge is 2.65. The van der Waals surface area contributed by atoms with Gasteiger partial charge in [-0.15, -0.1) is 0 Å². The van der Waals surface area contributed by atoms with Crippen LogP contribution < -0.4 is 5.73 Å². The predicted octanol–water partition coefficient (Wildman–Crippen LogP) is 8.21. The Labute approximate surface area is 265 Å². The average Bonchev–Trinajstić information content (AvgIpc) is 3.38. The first-order chi connectivity index (χ1) is 21.5. The second kappa shape index (κ2) is 15.9. The number of ether oxygens (including phenoxy) is 2. The maximum atomic E-state index is 12.7. The van der Waals surface area contributed by atoms with E-state index in [0.29, 0.717) is 42.9 Å². The number of nitrogens with zero attached hydrogens (tertiary/aromatic N) is 4. The Bertz CT molecular complexity index is 1520. The highest BCUT2D eigenvalue weighted by Crippen LogP contribution is 3.02. The fraction of sp³-hybridized carbons (Fsp3) is 0.552. The van der Waals surface area contributed by atoms with Crippen LogP contribution in [0.15, 0.2) is 41.8 Å². The number of rotatable bonds is 20. The van der Waals surface area contributed by atoms with E-state index in [1.165, 1.54) is 6.33 Å². The molecule has 0 bridgehead atoms. The molecule has 0 spiro atoms. The van der Waals surface area contributed by atoms with Crippen molar-refractivity contribution in [1.29, 1.82) is 0 Å². The first kappa shape index (κ1) is 37.7. The van der Waals surface area contributed by atoms with Crippen LogP contribution >= 0.6 is 17.8 Å².